The van der Waals surface area contributed by atoms with Crippen molar-refractivity contribution in [2.24, 2.45) is 0 Å². The molecule has 18 heavy (non-hydrogen) atoms. The second-order valence-corrected chi connectivity index (χ2v) is 4.68. The Bertz CT molecular complexity index is 349. The fourth-order valence-electron chi connectivity index (χ4n) is 2.56. The number of hydrogen-bond acceptors (Lipinski definition) is 5. The number of piperazine rings is 1. The number of anilines is 2. The van der Waals surface area contributed by atoms with E-state index in [0.29, 0.717) is 0 Å². The van der Waals surface area contributed by atoms with E-state index in [1.54, 1.807) is 0 Å². The number of hydrogen-bond donors (Lipinski definition) is 1. The molecule has 0 radical (unpaired) electrons. The summed E-state index contributed by atoms with van der Waals surface area (Å²) >= 11 is 0. The summed E-state index contributed by atoms with van der Waals surface area (Å²) < 4.78 is 5.42. The van der Waals surface area contributed by atoms with Crippen molar-refractivity contribution < 1.29 is 4.74 Å². The lowest BCUT2D eigenvalue weighted by atomic mass is 10.2. The summed E-state index contributed by atoms with van der Waals surface area (Å²) in [6, 6.07) is 4.20. The average molecular weight is 248 g/mol. The second-order valence-electron chi connectivity index (χ2n) is 4.68. The van der Waals surface area contributed by atoms with E-state index in [0.717, 1.165) is 58.3 Å². The molecule has 0 saturated carbocycles. The number of rotatable bonds is 2. The average Bonchev–Trinajstić information content (AvgIpc) is 2.49. The first kappa shape index (κ1) is 11.7. The molecule has 0 unspecified atom stereocenters. The van der Waals surface area contributed by atoms with E-state index < -0.39 is 0 Å². The molecule has 5 heteroatoms. The topological polar surface area (TPSA) is 40.6 Å². The summed E-state index contributed by atoms with van der Waals surface area (Å²) in [5.41, 5.74) is 1.25. The van der Waals surface area contributed by atoms with Crippen molar-refractivity contribution in [2.45, 2.75) is 0 Å². The van der Waals surface area contributed by atoms with Crippen LogP contribution in [0.1, 0.15) is 0 Å². The zero-order valence-corrected chi connectivity index (χ0v) is 10.6. The monoisotopic (exact) mass is 248 g/mol. The van der Waals surface area contributed by atoms with Crippen LogP contribution in [0.4, 0.5) is 11.5 Å². The fourth-order valence-corrected chi connectivity index (χ4v) is 2.56. The van der Waals surface area contributed by atoms with Crippen molar-refractivity contribution in [1.82, 2.24) is 10.3 Å². The van der Waals surface area contributed by atoms with E-state index in [1.165, 1.54) is 5.69 Å². The minimum atomic E-state index is 0.815. The quantitative estimate of drug-likeness (QED) is 0.816. The molecule has 5 nitrogen and oxygen atoms in total. The normalized spacial score (nSPS) is 21.1. The molecule has 2 fully saturated rings. The van der Waals surface area contributed by atoms with Gasteiger partial charge in [-0.1, -0.05) is 0 Å². The first-order valence-electron chi connectivity index (χ1n) is 6.68. The van der Waals surface area contributed by atoms with Gasteiger partial charge in [-0.15, -0.1) is 0 Å². The zero-order valence-electron chi connectivity index (χ0n) is 10.6. The largest absolute Gasteiger partial charge is 0.378 e. The van der Waals surface area contributed by atoms with Crippen molar-refractivity contribution in [3.63, 3.8) is 0 Å². The van der Waals surface area contributed by atoms with Gasteiger partial charge in [-0.2, -0.15) is 0 Å². The molecule has 0 aliphatic carbocycles. The maximum atomic E-state index is 5.42. The van der Waals surface area contributed by atoms with Gasteiger partial charge in [-0.25, -0.2) is 4.98 Å². The van der Waals surface area contributed by atoms with Gasteiger partial charge in [0.2, 0.25) is 0 Å². The van der Waals surface area contributed by atoms with Crippen LogP contribution in [0.3, 0.4) is 0 Å². The predicted octanol–water partition coefficient (Wildman–Crippen LogP) is 0.328. The highest BCUT2D eigenvalue weighted by Gasteiger charge is 2.20. The highest BCUT2D eigenvalue weighted by atomic mass is 16.5. The van der Waals surface area contributed by atoms with Gasteiger partial charge in [0.05, 0.1) is 18.9 Å². The Labute approximate surface area is 108 Å². The van der Waals surface area contributed by atoms with Crippen LogP contribution >= 0.6 is 0 Å². The number of morpholine rings is 1. The molecule has 2 saturated heterocycles. The highest BCUT2D eigenvalue weighted by molar-refractivity contribution is 5.67. The van der Waals surface area contributed by atoms with Gasteiger partial charge in [0.15, 0.2) is 5.82 Å². The number of ether oxygens (including phenoxy) is 1. The zero-order chi connectivity index (χ0) is 12.2. The minimum absolute atomic E-state index is 0.815. The molecule has 1 aromatic rings. The molecule has 3 rings (SSSR count). The third-order valence-corrected chi connectivity index (χ3v) is 3.53. The summed E-state index contributed by atoms with van der Waals surface area (Å²) in [5.74, 6) is 1.13. The predicted molar refractivity (Wildman–Crippen MR) is 72.4 cm³/mol. The molecule has 0 bridgehead atoms. The molecular weight excluding hydrogens is 228 g/mol. The van der Waals surface area contributed by atoms with E-state index in [1.807, 2.05) is 12.3 Å². The Balaban J connectivity index is 1.83. The molecule has 1 aromatic heterocycles. The summed E-state index contributed by atoms with van der Waals surface area (Å²) in [4.78, 5) is 9.35. The third-order valence-electron chi connectivity index (χ3n) is 3.53. The molecule has 0 spiro atoms. The Morgan fingerprint density at radius 2 is 1.83 bits per heavy atom. The first-order chi connectivity index (χ1) is 8.95. The Morgan fingerprint density at radius 3 is 2.61 bits per heavy atom. The van der Waals surface area contributed by atoms with Gasteiger partial charge >= 0.3 is 0 Å². The maximum absolute atomic E-state index is 5.42. The molecule has 3 heterocycles. The van der Waals surface area contributed by atoms with Gasteiger partial charge in [-0.3, -0.25) is 0 Å². The van der Waals surface area contributed by atoms with E-state index >= 15 is 0 Å². The molecule has 2 aliphatic rings. The molecule has 0 atom stereocenters. The van der Waals surface area contributed by atoms with Crippen LogP contribution in [0, 0.1) is 0 Å². The molecule has 0 amide bonds. The number of pyridine rings is 1. The Morgan fingerprint density at radius 1 is 1.06 bits per heavy atom. The van der Waals surface area contributed by atoms with Crippen molar-refractivity contribution in [2.75, 3.05) is 62.3 Å². The molecule has 0 aromatic carbocycles. The number of nitrogens with zero attached hydrogens (tertiary/aromatic N) is 3. The van der Waals surface area contributed by atoms with Crippen molar-refractivity contribution in [3.8, 4) is 0 Å². The van der Waals surface area contributed by atoms with Crippen molar-refractivity contribution in [3.05, 3.63) is 18.3 Å². The smallest absolute Gasteiger partial charge is 0.152 e. The standard InChI is InChI=1S/C13H20N4O/c1-2-12(16-8-10-18-11-9-16)13(15-3-1)17-6-4-14-5-7-17/h1-3,14H,4-11H2. The third kappa shape index (κ3) is 2.42. The second kappa shape index (κ2) is 5.54. The first-order valence-corrected chi connectivity index (χ1v) is 6.68. The number of aromatic nitrogens is 1. The van der Waals surface area contributed by atoms with Gasteiger partial charge in [-0.05, 0) is 12.1 Å². The van der Waals surface area contributed by atoms with Crippen LogP contribution in [0.15, 0.2) is 18.3 Å². The summed E-state index contributed by atoms with van der Waals surface area (Å²) in [6.45, 7) is 7.71. The lowest BCUT2D eigenvalue weighted by molar-refractivity contribution is 0.122. The van der Waals surface area contributed by atoms with E-state index in [2.05, 4.69) is 26.2 Å². The van der Waals surface area contributed by atoms with Crippen LogP contribution in [-0.4, -0.2) is 57.5 Å². The summed E-state index contributed by atoms with van der Waals surface area (Å²) in [5, 5.41) is 3.38. The van der Waals surface area contributed by atoms with E-state index in [9.17, 15) is 0 Å². The van der Waals surface area contributed by atoms with Gasteiger partial charge in [0, 0.05) is 45.5 Å². The van der Waals surface area contributed by atoms with Crippen LogP contribution in [0.5, 0.6) is 0 Å². The SMILES string of the molecule is c1cnc(N2CCNCC2)c(N2CCOCC2)c1. The maximum Gasteiger partial charge on any atom is 0.152 e. The molecular formula is C13H20N4O. The lowest BCUT2D eigenvalue weighted by Crippen LogP contribution is -2.45. The summed E-state index contributed by atoms with van der Waals surface area (Å²) in [7, 11) is 0. The van der Waals surface area contributed by atoms with Crippen LogP contribution < -0.4 is 15.1 Å². The molecule has 98 valence electrons. The van der Waals surface area contributed by atoms with Crippen molar-refractivity contribution >= 4 is 11.5 Å². The van der Waals surface area contributed by atoms with Gasteiger partial charge in [0.25, 0.3) is 0 Å². The molecule has 2 aliphatic heterocycles. The van der Waals surface area contributed by atoms with Crippen LogP contribution in [-0.2, 0) is 4.74 Å². The van der Waals surface area contributed by atoms with E-state index in [4.69, 9.17) is 4.74 Å². The number of nitrogens with one attached hydrogen (secondary N) is 1. The van der Waals surface area contributed by atoms with Crippen molar-refractivity contribution in [1.29, 1.82) is 0 Å². The van der Waals surface area contributed by atoms with Crippen LogP contribution in [0.2, 0.25) is 0 Å². The molecule has 1 N–H and O–H groups in total. The van der Waals surface area contributed by atoms with Gasteiger partial charge in [0.1, 0.15) is 0 Å². The highest BCUT2D eigenvalue weighted by Crippen LogP contribution is 2.27. The minimum Gasteiger partial charge on any atom is -0.378 e. The Kier molecular flexibility index (Phi) is 3.61. The van der Waals surface area contributed by atoms with Crippen LogP contribution in [0.25, 0.3) is 0 Å². The summed E-state index contributed by atoms with van der Waals surface area (Å²) in [6.07, 6.45) is 1.89. The fraction of sp³-hybridized carbons (Fsp3) is 0.615. The lowest BCUT2D eigenvalue weighted by Gasteiger charge is -2.35. The Hall–Kier alpha value is -1.33. The van der Waals surface area contributed by atoms with Gasteiger partial charge < -0.3 is 19.9 Å². The van der Waals surface area contributed by atoms with E-state index in [-0.39, 0.29) is 0 Å².